The molecule has 0 bridgehead atoms. The van der Waals surface area contributed by atoms with Gasteiger partial charge in [0.1, 0.15) is 17.8 Å². The minimum atomic E-state index is -0.495. The third-order valence-electron chi connectivity index (χ3n) is 2.89. The molecule has 0 saturated carbocycles. The van der Waals surface area contributed by atoms with Crippen LogP contribution in [-0.2, 0) is 6.54 Å². The Kier molecular flexibility index (Phi) is 4.89. The lowest BCUT2D eigenvalue weighted by atomic mass is 10.2. The Bertz CT molecular complexity index is 710. The zero-order chi connectivity index (χ0) is 15.6. The molecular formula is C13H10Br2FN3O2. The molecule has 1 aromatic heterocycles. The summed E-state index contributed by atoms with van der Waals surface area (Å²) in [7, 11) is 0. The molecule has 0 fully saturated rings. The van der Waals surface area contributed by atoms with E-state index in [2.05, 4.69) is 42.2 Å². The Balaban J connectivity index is 2.23. The second-order valence-corrected chi connectivity index (χ2v) is 5.99. The highest BCUT2D eigenvalue weighted by atomic mass is 79.9. The van der Waals surface area contributed by atoms with Crippen molar-refractivity contribution >= 4 is 43.4 Å². The maximum Gasteiger partial charge on any atom is 0.291 e. The molecule has 1 heterocycles. The molecule has 0 atom stereocenters. The Morgan fingerprint density at radius 3 is 2.81 bits per heavy atom. The monoisotopic (exact) mass is 417 g/mol. The van der Waals surface area contributed by atoms with Gasteiger partial charge in [0.05, 0.1) is 9.40 Å². The zero-order valence-electron chi connectivity index (χ0n) is 10.9. The summed E-state index contributed by atoms with van der Waals surface area (Å²) in [5.41, 5.74) is 0.863. The molecule has 110 valence electrons. The summed E-state index contributed by atoms with van der Waals surface area (Å²) in [6.07, 6.45) is 1.18. The highest BCUT2D eigenvalue weighted by Crippen LogP contribution is 2.30. The molecule has 0 aliphatic carbocycles. The second kappa shape index (κ2) is 6.48. The van der Waals surface area contributed by atoms with E-state index in [9.17, 15) is 14.5 Å². The van der Waals surface area contributed by atoms with Crippen LogP contribution in [0.4, 0.5) is 15.9 Å². The fourth-order valence-corrected chi connectivity index (χ4v) is 2.59. The number of rotatable bonds is 4. The number of aromatic nitrogens is 1. The highest BCUT2D eigenvalue weighted by Gasteiger charge is 2.17. The summed E-state index contributed by atoms with van der Waals surface area (Å²) >= 11 is 6.55. The van der Waals surface area contributed by atoms with Crippen LogP contribution in [0, 0.1) is 22.9 Å². The van der Waals surface area contributed by atoms with E-state index in [-0.39, 0.29) is 18.0 Å². The molecule has 2 rings (SSSR count). The molecule has 5 nitrogen and oxygen atoms in total. The van der Waals surface area contributed by atoms with Crippen LogP contribution in [0.2, 0.25) is 0 Å². The van der Waals surface area contributed by atoms with Crippen molar-refractivity contribution in [2.45, 2.75) is 13.5 Å². The van der Waals surface area contributed by atoms with E-state index >= 15 is 0 Å². The van der Waals surface area contributed by atoms with Crippen molar-refractivity contribution in [2.24, 2.45) is 0 Å². The van der Waals surface area contributed by atoms with E-state index in [1.807, 2.05) is 0 Å². The fourth-order valence-electron chi connectivity index (χ4n) is 1.73. The SMILES string of the molecule is Cc1c([N+](=O)[O-])cnc(NCc2cc(Br)ccc2F)c1Br. The third kappa shape index (κ3) is 3.56. The molecule has 8 heteroatoms. The number of nitro groups is 1. The average molecular weight is 419 g/mol. The predicted molar refractivity (Wildman–Crippen MR) is 84.8 cm³/mol. The van der Waals surface area contributed by atoms with Crippen LogP contribution in [0.1, 0.15) is 11.1 Å². The largest absolute Gasteiger partial charge is 0.365 e. The molecule has 0 unspecified atom stereocenters. The van der Waals surface area contributed by atoms with Crippen LogP contribution in [0.3, 0.4) is 0 Å². The molecule has 21 heavy (non-hydrogen) atoms. The van der Waals surface area contributed by atoms with Gasteiger partial charge < -0.3 is 5.32 Å². The molecule has 0 saturated heterocycles. The molecular weight excluding hydrogens is 409 g/mol. The summed E-state index contributed by atoms with van der Waals surface area (Å²) < 4.78 is 14.9. The summed E-state index contributed by atoms with van der Waals surface area (Å²) in [4.78, 5) is 14.3. The quantitative estimate of drug-likeness (QED) is 0.583. The lowest BCUT2D eigenvalue weighted by molar-refractivity contribution is -0.385. The number of pyridine rings is 1. The third-order valence-corrected chi connectivity index (χ3v) is 4.35. The zero-order valence-corrected chi connectivity index (χ0v) is 14.0. The van der Waals surface area contributed by atoms with Gasteiger partial charge in [0.25, 0.3) is 5.69 Å². The predicted octanol–water partition coefficient (Wildman–Crippen LogP) is 4.57. The first kappa shape index (κ1) is 15.8. The van der Waals surface area contributed by atoms with Crippen LogP contribution in [0.5, 0.6) is 0 Å². The molecule has 0 amide bonds. The molecule has 1 aromatic carbocycles. The lowest BCUT2D eigenvalue weighted by Gasteiger charge is -2.10. The van der Waals surface area contributed by atoms with Gasteiger partial charge >= 0.3 is 0 Å². The summed E-state index contributed by atoms with van der Waals surface area (Å²) in [5.74, 6) is 0.0953. The van der Waals surface area contributed by atoms with Crippen LogP contribution < -0.4 is 5.32 Å². The van der Waals surface area contributed by atoms with Crippen LogP contribution in [0.25, 0.3) is 0 Å². The van der Waals surface area contributed by atoms with Gasteiger partial charge in [-0.25, -0.2) is 9.37 Å². The molecule has 0 aliphatic rings. The van der Waals surface area contributed by atoms with Gasteiger partial charge in [-0.2, -0.15) is 0 Å². The summed E-state index contributed by atoms with van der Waals surface area (Å²) in [5, 5.41) is 13.8. The number of hydrogen-bond acceptors (Lipinski definition) is 4. The van der Waals surface area contributed by atoms with Gasteiger partial charge in [-0.3, -0.25) is 10.1 Å². The topological polar surface area (TPSA) is 68.1 Å². The maximum absolute atomic E-state index is 13.6. The van der Waals surface area contributed by atoms with Crippen LogP contribution >= 0.6 is 31.9 Å². The molecule has 1 N–H and O–H groups in total. The summed E-state index contributed by atoms with van der Waals surface area (Å²) in [6.45, 7) is 1.84. The fraction of sp³-hybridized carbons (Fsp3) is 0.154. The number of halogens is 3. The lowest BCUT2D eigenvalue weighted by Crippen LogP contribution is -2.06. The molecule has 2 aromatic rings. The van der Waals surface area contributed by atoms with Crippen molar-refractivity contribution in [2.75, 3.05) is 5.32 Å². The van der Waals surface area contributed by atoms with Crippen molar-refractivity contribution in [3.05, 3.63) is 60.4 Å². The van der Waals surface area contributed by atoms with E-state index in [0.29, 0.717) is 21.4 Å². The first-order chi connectivity index (χ1) is 9.90. The standard InChI is InChI=1S/C13H10Br2FN3O2/c1-7-11(19(20)21)6-18-13(12(7)15)17-5-8-4-9(14)2-3-10(8)16/h2-4,6H,5H2,1H3,(H,17,18). The first-order valence-electron chi connectivity index (χ1n) is 5.87. The number of benzene rings is 1. The van der Waals surface area contributed by atoms with Crippen molar-refractivity contribution in [3.63, 3.8) is 0 Å². The van der Waals surface area contributed by atoms with E-state index in [1.54, 1.807) is 19.1 Å². The van der Waals surface area contributed by atoms with Gasteiger partial charge in [-0.05, 0) is 41.1 Å². The van der Waals surface area contributed by atoms with E-state index < -0.39 is 4.92 Å². The Hall–Kier alpha value is -1.54. The Morgan fingerprint density at radius 2 is 2.14 bits per heavy atom. The number of nitrogens with zero attached hydrogens (tertiary/aromatic N) is 2. The van der Waals surface area contributed by atoms with Crippen molar-refractivity contribution in [1.29, 1.82) is 0 Å². The summed E-state index contributed by atoms with van der Waals surface area (Å²) in [6, 6.07) is 4.64. The van der Waals surface area contributed by atoms with Crippen molar-refractivity contribution in [3.8, 4) is 0 Å². The number of hydrogen-bond donors (Lipinski definition) is 1. The first-order valence-corrected chi connectivity index (χ1v) is 7.46. The van der Waals surface area contributed by atoms with Gasteiger partial charge in [0.2, 0.25) is 0 Å². The molecule has 0 aliphatic heterocycles. The Morgan fingerprint density at radius 1 is 1.43 bits per heavy atom. The number of anilines is 1. The van der Waals surface area contributed by atoms with Crippen molar-refractivity contribution in [1.82, 2.24) is 4.98 Å². The minimum absolute atomic E-state index is 0.0685. The van der Waals surface area contributed by atoms with Crippen molar-refractivity contribution < 1.29 is 9.31 Å². The average Bonchev–Trinajstić information content (AvgIpc) is 2.43. The van der Waals surface area contributed by atoms with Gasteiger partial charge in [-0.1, -0.05) is 15.9 Å². The normalized spacial score (nSPS) is 10.5. The molecule has 0 radical (unpaired) electrons. The second-order valence-electron chi connectivity index (χ2n) is 4.28. The Labute approximate surface area is 137 Å². The van der Waals surface area contributed by atoms with Crippen LogP contribution in [-0.4, -0.2) is 9.91 Å². The maximum atomic E-state index is 13.6. The van der Waals surface area contributed by atoms with Gasteiger partial charge in [0.15, 0.2) is 0 Å². The highest BCUT2D eigenvalue weighted by molar-refractivity contribution is 9.11. The minimum Gasteiger partial charge on any atom is -0.365 e. The van der Waals surface area contributed by atoms with Crippen LogP contribution in [0.15, 0.2) is 33.3 Å². The van der Waals surface area contributed by atoms with Gasteiger partial charge in [-0.15, -0.1) is 0 Å². The number of nitrogens with one attached hydrogen (secondary N) is 1. The van der Waals surface area contributed by atoms with E-state index in [0.717, 1.165) is 4.47 Å². The smallest absolute Gasteiger partial charge is 0.291 e. The molecule has 0 spiro atoms. The van der Waals surface area contributed by atoms with E-state index in [1.165, 1.54) is 12.3 Å². The van der Waals surface area contributed by atoms with Gasteiger partial charge in [0, 0.05) is 22.1 Å². The van der Waals surface area contributed by atoms with E-state index in [4.69, 9.17) is 0 Å².